The molecule has 1 unspecified atom stereocenters. The van der Waals surface area contributed by atoms with Gasteiger partial charge in [-0.1, -0.05) is 19.1 Å². The van der Waals surface area contributed by atoms with Crippen LogP contribution in [-0.2, 0) is 13.1 Å². The number of hydrogen-bond acceptors (Lipinski definition) is 3. The van der Waals surface area contributed by atoms with E-state index in [1.165, 1.54) is 30.5 Å². The number of rotatable bonds is 4. The molecule has 1 N–H and O–H groups in total. The third-order valence-corrected chi connectivity index (χ3v) is 4.18. The van der Waals surface area contributed by atoms with Crippen molar-refractivity contribution in [1.29, 1.82) is 0 Å². The summed E-state index contributed by atoms with van der Waals surface area (Å²) in [5, 5.41) is 3.39. The summed E-state index contributed by atoms with van der Waals surface area (Å²) >= 11 is 0. The van der Waals surface area contributed by atoms with Crippen LogP contribution in [0.25, 0.3) is 0 Å². The maximum Gasteiger partial charge on any atom is 0.124 e. The second-order valence-electron chi connectivity index (χ2n) is 5.23. The summed E-state index contributed by atoms with van der Waals surface area (Å²) in [5.74, 6) is 1.08. The molecular formula is C15H22N2O. The Bertz CT molecular complexity index is 419. The van der Waals surface area contributed by atoms with E-state index in [2.05, 4.69) is 35.3 Å². The highest BCUT2D eigenvalue weighted by Gasteiger charge is 2.24. The molecule has 0 amide bonds. The third-order valence-electron chi connectivity index (χ3n) is 4.18. The average Bonchev–Trinajstić information content (AvgIpc) is 3.04. The normalized spacial score (nSPS) is 23.3. The molecule has 0 aliphatic carbocycles. The van der Waals surface area contributed by atoms with Crippen molar-refractivity contribution in [3.05, 3.63) is 29.3 Å². The largest absolute Gasteiger partial charge is 0.492 e. The molecule has 3 rings (SSSR count). The summed E-state index contributed by atoms with van der Waals surface area (Å²) in [6.07, 6.45) is 2.59. The molecule has 1 saturated heterocycles. The molecule has 0 saturated carbocycles. The Kier molecular flexibility index (Phi) is 3.52. The fourth-order valence-corrected chi connectivity index (χ4v) is 3.12. The lowest BCUT2D eigenvalue weighted by atomic mass is 10.1. The second-order valence-corrected chi connectivity index (χ2v) is 5.23. The smallest absolute Gasteiger partial charge is 0.124 e. The number of nitrogens with zero attached hydrogens (tertiary/aromatic N) is 1. The van der Waals surface area contributed by atoms with Gasteiger partial charge in [-0.3, -0.25) is 4.90 Å². The number of likely N-dealkylation sites (tertiary alicyclic amines) is 1. The summed E-state index contributed by atoms with van der Waals surface area (Å²) in [4.78, 5) is 2.53. The Morgan fingerprint density at radius 3 is 3.22 bits per heavy atom. The van der Waals surface area contributed by atoms with Gasteiger partial charge in [0.05, 0.1) is 0 Å². The van der Waals surface area contributed by atoms with Gasteiger partial charge in [0.15, 0.2) is 0 Å². The van der Waals surface area contributed by atoms with Gasteiger partial charge in [-0.2, -0.15) is 0 Å². The van der Waals surface area contributed by atoms with Gasteiger partial charge in [0.2, 0.25) is 0 Å². The van der Waals surface area contributed by atoms with E-state index in [1.807, 2.05) is 0 Å². The van der Waals surface area contributed by atoms with Crippen LogP contribution in [0.15, 0.2) is 18.2 Å². The van der Waals surface area contributed by atoms with Crippen LogP contribution >= 0.6 is 0 Å². The molecule has 0 bridgehead atoms. The molecule has 18 heavy (non-hydrogen) atoms. The molecule has 1 atom stereocenters. The Balaban J connectivity index is 1.65. The molecule has 3 heteroatoms. The van der Waals surface area contributed by atoms with Crippen LogP contribution in [0.1, 0.15) is 30.9 Å². The summed E-state index contributed by atoms with van der Waals surface area (Å²) < 4.78 is 6.08. The van der Waals surface area contributed by atoms with Gasteiger partial charge in [0.25, 0.3) is 0 Å². The highest BCUT2D eigenvalue weighted by atomic mass is 16.5. The second kappa shape index (κ2) is 5.29. The molecule has 0 spiro atoms. The van der Waals surface area contributed by atoms with E-state index in [4.69, 9.17) is 4.74 Å². The first-order valence-corrected chi connectivity index (χ1v) is 7.07. The molecule has 0 aromatic heterocycles. The minimum Gasteiger partial charge on any atom is -0.492 e. The molecule has 2 heterocycles. The van der Waals surface area contributed by atoms with Crippen molar-refractivity contribution in [3.8, 4) is 5.75 Å². The van der Waals surface area contributed by atoms with Gasteiger partial charge < -0.3 is 10.1 Å². The fourth-order valence-electron chi connectivity index (χ4n) is 3.12. The molecule has 0 radical (unpaired) electrons. The lowest BCUT2D eigenvalue weighted by Crippen LogP contribution is -2.34. The van der Waals surface area contributed by atoms with Crippen LogP contribution in [-0.4, -0.2) is 30.6 Å². The van der Waals surface area contributed by atoms with Crippen molar-refractivity contribution in [3.63, 3.8) is 0 Å². The van der Waals surface area contributed by atoms with Crippen LogP contribution in [0.4, 0.5) is 0 Å². The number of nitrogens with one attached hydrogen (secondary N) is 1. The van der Waals surface area contributed by atoms with E-state index in [0.717, 1.165) is 32.0 Å². The first-order chi connectivity index (χ1) is 8.88. The van der Waals surface area contributed by atoms with Crippen LogP contribution in [0, 0.1) is 0 Å². The van der Waals surface area contributed by atoms with Crippen molar-refractivity contribution in [2.45, 2.75) is 38.9 Å². The predicted octanol–water partition coefficient (Wildman–Crippen LogP) is 2.15. The molecule has 3 nitrogen and oxygen atoms in total. The van der Waals surface area contributed by atoms with E-state index in [9.17, 15) is 0 Å². The predicted molar refractivity (Wildman–Crippen MR) is 72.7 cm³/mol. The lowest BCUT2D eigenvalue weighted by molar-refractivity contribution is 0.178. The Morgan fingerprint density at radius 1 is 1.39 bits per heavy atom. The highest BCUT2D eigenvalue weighted by molar-refractivity contribution is 5.42. The van der Waals surface area contributed by atoms with E-state index < -0.39 is 0 Å². The zero-order chi connectivity index (χ0) is 12.4. The fraction of sp³-hybridized carbons (Fsp3) is 0.600. The van der Waals surface area contributed by atoms with Gasteiger partial charge in [-0.15, -0.1) is 0 Å². The molecule has 1 fully saturated rings. The zero-order valence-corrected chi connectivity index (χ0v) is 11.1. The maximum absolute atomic E-state index is 6.08. The van der Waals surface area contributed by atoms with Crippen molar-refractivity contribution in [2.24, 2.45) is 0 Å². The lowest BCUT2D eigenvalue weighted by Gasteiger charge is -2.23. The summed E-state index contributed by atoms with van der Waals surface area (Å²) in [5.41, 5.74) is 2.75. The molecule has 98 valence electrons. The quantitative estimate of drug-likeness (QED) is 0.881. The first kappa shape index (κ1) is 12.0. The zero-order valence-electron chi connectivity index (χ0n) is 11.1. The number of ether oxygens (including phenoxy) is 1. The maximum atomic E-state index is 6.08. The van der Waals surface area contributed by atoms with Crippen LogP contribution in [0.5, 0.6) is 5.75 Å². The number of fused-ring (bicyclic) bond motifs is 1. The van der Waals surface area contributed by atoms with E-state index in [0.29, 0.717) is 6.04 Å². The average molecular weight is 246 g/mol. The minimum atomic E-state index is 0.611. The third kappa shape index (κ3) is 2.25. The van der Waals surface area contributed by atoms with Crippen LogP contribution in [0.3, 0.4) is 0 Å². The standard InChI is InChI=1S/C15H22N2O/c1-2-17-8-4-6-13(17)11-18-15-7-3-5-12-9-16-10-14(12)15/h3,5,7,13,16H,2,4,6,8-11H2,1H3. The number of benzene rings is 1. The van der Waals surface area contributed by atoms with Crippen molar-refractivity contribution >= 4 is 0 Å². The Labute approximate surface area is 109 Å². The first-order valence-electron chi connectivity index (χ1n) is 7.07. The summed E-state index contributed by atoms with van der Waals surface area (Å²) in [6, 6.07) is 7.01. The van der Waals surface area contributed by atoms with Gasteiger partial charge in [0, 0.05) is 24.7 Å². The Morgan fingerprint density at radius 2 is 2.33 bits per heavy atom. The summed E-state index contributed by atoms with van der Waals surface area (Å²) in [7, 11) is 0. The monoisotopic (exact) mass is 246 g/mol. The van der Waals surface area contributed by atoms with Gasteiger partial charge in [0.1, 0.15) is 12.4 Å². The van der Waals surface area contributed by atoms with Crippen molar-refractivity contribution < 1.29 is 4.74 Å². The van der Waals surface area contributed by atoms with Gasteiger partial charge in [-0.05, 0) is 37.6 Å². The van der Waals surface area contributed by atoms with Crippen molar-refractivity contribution in [2.75, 3.05) is 19.7 Å². The Hall–Kier alpha value is -1.06. The van der Waals surface area contributed by atoms with Gasteiger partial charge in [-0.25, -0.2) is 0 Å². The van der Waals surface area contributed by atoms with Crippen LogP contribution in [0.2, 0.25) is 0 Å². The molecule has 2 aliphatic rings. The molecule has 1 aromatic rings. The van der Waals surface area contributed by atoms with Gasteiger partial charge >= 0.3 is 0 Å². The molecular weight excluding hydrogens is 224 g/mol. The SMILES string of the molecule is CCN1CCCC1COc1cccc2c1CNC2. The summed E-state index contributed by atoms with van der Waals surface area (Å²) in [6.45, 7) is 7.39. The van der Waals surface area contributed by atoms with Crippen molar-refractivity contribution in [1.82, 2.24) is 10.2 Å². The van der Waals surface area contributed by atoms with E-state index in [-0.39, 0.29) is 0 Å². The number of hydrogen-bond donors (Lipinski definition) is 1. The molecule has 1 aromatic carbocycles. The topological polar surface area (TPSA) is 24.5 Å². The molecule has 2 aliphatic heterocycles. The number of likely N-dealkylation sites (N-methyl/N-ethyl adjacent to an activating group) is 1. The highest BCUT2D eigenvalue weighted by Crippen LogP contribution is 2.27. The van der Waals surface area contributed by atoms with E-state index >= 15 is 0 Å². The van der Waals surface area contributed by atoms with E-state index in [1.54, 1.807) is 0 Å². The van der Waals surface area contributed by atoms with Crippen LogP contribution < -0.4 is 10.1 Å². The minimum absolute atomic E-state index is 0.611.